The largest absolute Gasteiger partial charge is 0.394 e. The minimum absolute atomic E-state index is 0.116. The van der Waals surface area contributed by atoms with E-state index in [0.29, 0.717) is 0 Å². The van der Waals surface area contributed by atoms with Crippen LogP contribution in [0.5, 0.6) is 0 Å². The van der Waals surface area contributed by atoms with Gasteiger partial charge in [-0.1, -0.05) is 6.92 Å². The maximum Gasteiger partial charge on any atom is 0.142 e. The fourth-order valence-corrected chi connectivity index (χ4v) is 3.22. The van der Waals surface area contributed by atoms with Crippen LogP contribution in [0.25, 0.3) is 0 Å². The van der Waals surface area contributed by atoms with E-state index in [1.54, 1.807) is 6.92 Å². The van der Waals surface area contributed by atoms with Crippen molar-refractivity contribution in [2.75, 3.05) is 19.8 Å². The van der Waals surface area contributed by atoms with Crippen LogP contribution >= 0.6 is 0 Å². The summed E-state index contributed by atoms with van der Waals surface area (Å²) in [6, 6.07) is 0. The van der Waals surface area contributed by atoms with Crippen molar-refractivity contribution in [3.05, 3.63) is 0 Å². The van der Waals surface area contributed by atoms with Crippen molar-refractivity contribution in [3.63, 3.8) is 0 Å². The van der Waals surface area contributed by atoms with E-state index in [0.717, 1.165) is 0 Å². The molecular formula is C14H27NO10. The second kappa shape index (κ2) is 8.50. The van der Waals surface area contributed by atoms with Crippen molar-refractivity contribution < 1.29 is 50.3 Å². The molecule has 0 aliphatic carbocycles. The van der Waals surface area contributed by atoms with Gasteiger partial charge in [-0.2, -0.15) is 0 Å². The van der Waals surface area contributed by atoms with Crippen molar-refractivity contribution in [3.8, 4) is 0 Å². The molecule has 0 aromatic rings. The summed E-state index contributed by atoms with van der Waals surface area (Å²) >= 11 is 0. The molecule has 0 radical (unpaired) electrons. The average Bonchev–Trinajstić information content (AvgIpc) is 2.61. The standard InChI is InChI=1S/C14H27NO10/c1-2-15(13-11(22)9(20)7(18)5(3-16)24-13)14-12(23)10(21)8(19)6(4-17)25-14/h5-14,16-23H,2-4H2,1H3/t5-,6-,7-,8-,9+,10+,11-,12-,13?,14?/m1/s1. The van der Waals surface area contributed by atoms with E-state index in [9.17, 15) is 40.9 Å². The quantitative estimate of drug-likeness (QED) is 0.232. The van der Waals surface area contributed by atoms with Gasteiger partial charge in [0.25, 0.3) is 0 Å². The maximum atomic E-state index is 10.2. The number of nitrogens with zero attached hydrogens (tertiary/aromatic N) is 1. The van der Waals surface area contributed by atoms with E-state index in [1.165, 1.54) is 4.90 Å². The molecule has 8 N–H and O–H groups in total. The van der Waals surface area contributed by atoms with Crippen LogP contribution in [0.3, 0.4) is 0 Å². The Kier molecular flexibility index (Phi) is 7.09. The first-order chi connectivity index (χ1) is 11.8. The highest BCUT2D eigenvalue weighted by Crippen LogP contribution is 2.30. The number of ether oxygens (including phenoxy) is 2. The Labute approximate surface area is 144 Å². The molecule has 0 saturated carbocycles. The molecule has 11 nitrogen and oxygen atoms in total. The monoisotopic (exact) mass is 369 g/mol. The second-order valence-electron chi connectivity index (χ2n) is 6.27. The highest BCUT2D eigenvalue weighted by Gasteiger charge is 2.51. The van der Waals surface area contributed by atoms with Crippen LogP contribution in [0.1, 0.15) is 6.92 Å². The summed E-state index contributed by atoms with van der Waals surface area (Å²) in [5, 5.41) is 78.5. The molecule has 2 saturated heterocycles. The minimum Gasteiger partial charge on any atom is -0.394 e. The molecule has 0 spiro atoms. The summed E-state index contributed by atoms with van der Waals surface area (Å²) in [4.78, 5) is 1.27. The normalized spacial score (nSPS) is 48.7. The number of likely N-dealkylation sites (N-methyl/N-ethyl adjacent to an activating group) is 1. The molecule has 0 aromatic carbocycles. The molecule has 25 heavy (non-hydrogen) atoms. The van der Waals surface area contributed by atoms with E-state index in [-0.39, 0.29) is 6.54 Å². The van der Waals surface area contributed by atoms with Crippen LogP contribution in [0.15, 0.2) is 0 Å². The highest BCUT2D eigenvalue weighted by atomic mass is 16.6. The van der Waals surface area contributed by atoms with Crippen molar-refractivity contribution in [2.45, 2.75) is 68.2 Å². The van der Waals surface area contributed by atoms with Gasteiger partial charge >= 0.3 is 0 Å². The van der Waals surface area contributed by atoms with Gasteiger partial charge in [0.1, 0.15) is 61.3 Å². The molecule has 2 rings (SSSR count). The van der Waals surface area contributed by atoms with Gasteiger partial charge in [0, 0.05) is 6.54 Å². The van der Waals surface area contributed by atoms with Crippen molar-refractivity contribution in [1.29, 1.82) is 0 Å². The fourth-order valence-electron chi connectivity index (χ4n) is 3.22. The second-order valence-corrected chi connectivity index (χ2v) is 6.27. The summed E-state index contributed by atoms with van der Waals surface area (Å²) in [6.45, 7) is 0.510. The fraction of sp³-hybridized carbons (Fsp3) is 1.00. The third-order valence-electron chi connectivity index (χ3n) is 4.75. The summed E-state index contributed by atoms with van der Waals surface area (Å²) in [5.41, 5.74) is 0. The highest BCUT2D eigenvalue weighted by molar-refractivity contribution is 4.97. The van der Waals surface area contributed by atoms with Crippen LogP contribution in [0, 0.1) is 0 Å². The lowest BCUT2D eigenvalue weighted by atomic mass is 9.95. The minimum atomic E-state index is -1.62. The molecule has 2 heterocycles. The van der Waals surface area contributed by atoms with Crippen LogP contribution in [0.4, 0.5) is 0 Å². The number of hydrogen-bond donors (Lipinski definition) is 8. The Hall–Kier alpha value is -0.440. The Morgan fingerprint density at radius 1 is 0.640 bits per heavy atom. The van der Waals surface area contributed by atoms with Gasteiger partial charge in [-0.25, -0.2) is 4.90 Å². The zero-order valence-electron chi connectivity index (χ0n) is 13.7. The van der Waals surface area contributed by atoms with E-state index in [1.807, 2.05) is 0 Å². The lowest BCUT2D eigenvalue weighted by Crippen LogP contribution is -2.69. The zero-order chi connectivity index (χ0) is 18.9. The zero-order valence-corrected chi connectivity index (χ0v) is 13.7. The molecule has 2 fully saturated rings. The molecule has 148 valence electrons. The van der Waals surface area contributed by atoms with Crippen molar-refractivity contribution >= 4 is 0 Å². The van der Waals surface area contributed by atoms with E-state index >= 15 is 0 Å². The van der Waals surface area contributed by atoms with Crippen LogP contribution in [-0.4, -0.2) is 127 Å². The number of rotatable bonds is 5. The Bertz CT molecular complexity index is 388. The van der Waals surface area contributed by atoms with Gasteiger partial charge in [0.2, 0.25) is 0 Å². The van der Waals surface area contributed by atoms with Crippen molar-refractivity contribution in [2.24, 2.45) is 0 Å². The summed E-state index contributed by atoms with van der Waals surface area (Å²) in [6.07, 6.45) is -14.3. The van der Waals surface area contributed by atoms with Gasteiger partial charge < -0.3 is 50.3 Å². The lowest BCUT2D eigenvalue weighted by molar-refractivity contribution is -0.322. The number of aliphatic hydroxyl groups is 8. The third kappa shape index (κ3) is 3.82. The summed E-state index contributed by atoms with van der Waals surface area (Å²) < 4.78 is 10.9. The number of hydrogen-bond acceptors (Lipinski definition) is 11. The predicted octanol–water partition coefficient (Wildman–Crippen LogP) is -5.09. The van der Waals surface area contributed by atoms with E-state index in [2.05, 4.69) is 0 Å². The van der Waals surface area contributed by atoms with Crippen LogP contribution in [0.2, 0.25) is 0 Å². The van der Waals surface area contributed by atoms with Gasteiger partial charge in [0.15, 0.2) is 0 Å². The first-order valence-corrected chi connectivity index (χ1v) is 8.15. The predicted molar refractivity (Wildman–Crippen MR) is 79.9 cm³/mol. The number of aliphatic hydroxyl groups excluding tert-OH is 8. The van der Waals surface area contributed by atoms with Gasteiger partial charge in [-0.3, -0.25) is 0 Å². The summed E-state index contributed by atoms with van der Waals surface area (Å²) in [5.74, 6) is 0. The maximum absolute atomic E-state index is 10.2. The molecule has 0 bridgehead atoms. The first-order valence-electron chi connectivity index (χ1n) is 8.15. The topological polar surface area (TPSA) is 184 Å². The molecule has 11 heteroatoms. The van der Waals surface area contributed by atoms with Gasteiger partial charge in [-0.05, 0) is 0 Å². The average molecular weight is 369 g/mol. The van der Waals surface area contributed by atoms with Gasteiger partial charge in [-0.15, -0.1) is 0 Å². The Morgan fingerprint density at radius 2 is 1.00 bits per heavy atom. The van der Waals surface area contributed by atoms with Gasteiger partial charge in [0.05, 0.1) is 13.2 Å². The van der Waals surface area contributed by atoms with Crippen LogP contribution in [-0.2, 0) is 9.47 Å². The molecule has 10 atom stereocenters. The third-order valence-corrected chi connectivity index (χ3v) is 4.75. The van der Waals surface area contributed by atoms with E-state index in [4.69, 9.17) is 9.47 Å². The molecule has 0 amide bonds. The Balaban J connectivity index is 2.25. The van der Waals surface area contributed by atoms with Crippen molar-refractivity contribution in [1.82, 2.24) is 4.90 Å². The lowest BCUT2D eigenvalue weighted by Gasteiger charge is -2.50. The smallest absolute Gasteiger partial charge is 0.142 e. The summed E-state index contributed by atoms with van der Waals surface area (Å²) in [7, 11) is 0. The molecule has 2 aliphatic rings. The molecule has 2 aliphatic heterocycles. The Morgan fingerprint density at radius 3 is 1.28 bits per heavy atom. The van der Waals surface area contributed by atoms with Crippen LogP contribution < -0.4 is 0 Å². The van der Waals surface area contributed by atoms with E-state index < -0.39 is 74.5 Å². The SMILES string of the molecule is CCN(C1O[C@H](CO)[C@@H](O)[C@H](O)[C@H]1O)C1O[C@H](CO)[C@@H](O)[C@H](O)[C@H]1O. The molecular weight excluding hydrogens is 342 g/mol. The molecule has 2 unspecified atom stereocenters. The first kappa shape index (κ1) is 20.9. The molecule has 0 aromatic heterocycles.